The van der Waals surface area contributed by atoms with E-state index in [0.29, 0.717) is 28.9 Å². The molecule has 2 N–H and O–H groups in total. The zero-order valence-electron chi connectivity index (χ0n) is 15.8. The highest BCUT2D eigenvalue weighted by Gasteiger charge is 2.18. The number of likely N-dealkylation sites (tertiary alicyclic amines) is 1. The highest BCUT2D eigenvalue weighted by atomic mass is 32.1. The molecule has 1 amide bonds. The normalized spacial score (nSPS) is 13.9. The van der Waals surface area contributed by atoms with Crippen molar-refractivity contribution in [3.63, 3.8) is 0 Å². The molecule has 0 unspecified atom stereocenters. The molecule has 2 aromatic heterocycles. The number of nitrogens with one attached hydrogen (secondary N) is 2. The number of nitrogens with zero attached hydrogens (tertiary/aromatic N) is 3. The summed E-state index contributed by atoms with van der Waals surface area (Å²) in [7, 11) is 0. The Morgan fingerprint density at radius 2 is 1.97 bits per heavy atom. The van der Waals surface area contributed by atoms with E-state index in [1.165, 1.54) is 6.42 Å². The topological polar surface area (TPSA) is 83.3 Å². The van der Waals surface area contributed by atoms with Crippen LogP contribution in [-0.4, -0.2) is 39.1 Å². The van der Waals surface area contributed by atoms with E-state index < -0.39 is 0 Å². The molecule has 4 rings (SSSR count). The van der Waals surface area contributed by atoms with E-state index >= 15 is 0 Å². The number of hydrogen-bond donors (Lipinski definition) is 2. The van der Waals surface area contributed by atoms with Gasteiger partial charge in [-0.25, -0.2) is 0 Å². The molecular formula is C20H21N5O2S2. The first-order valence-electron chi connectivity index (χ1n) is 9.50. The summed E-state index contributed by atoms with van der Waals surface area (Å²) >= 11 is 6.88. The van der Waals surface area contributed by atoms with E-state index in [-0.39, 0.29) is 5.91 Å². The number of amides is 1. The van der Waals surface area contributed by atoms with E-state index in [0.717, 1.165) is 36.5 Å². The predicted molar refractivity (Wildman–Crippen MR) is 117 cm³/mol. The SMILES string of the molecule is O=C(c1ccc(NC(=S)NCc2nc(-c3cccs3)no2)cc1)N1CCCCC1. The van der Waals surface area contributed by atoms with Crippen molar-refractivity contribution in [3.8, 4) is 10.7 Å². The number of thiophene rings is 1. The van der Waals surface area contributed by atoms with Crippen molar-refractivity contribution in [2.24, 2.45) is 0 Å². The van der Waals surface area contributed by atoms with Gasteiger partial charge in [0.05, 0.1) is 11.4 Å². The summed E-state index contributed by atoms with van der Waals surface area (Å²) in [6, 6.07) is 11.2. The quantitative estimate of drug-likeness (QED) is 0.597. The summed E-state index contributed by atoms with van der Waals surface area (Å²) in [6.07, 6.45) is 3.37. The van der Waals surface area contributed by atoms with Crippen LogP contribution in [0, 0.1) is 0 Å². The van der Waals surface area contributed by atoms with Gasteiger partial charge >= 0.3 is 0 Å². The summed E-state index contributed by atoms with van der Waals surface area (Å²) in [5.41, 5.74) is 1.51. The Kier molecular flexibility index (Phi) is 6.16. The molecule has 0 atom stereocenters. The van der Waals surface area contributed by atoms with Crippen LogP contribution in [0.25, 0.3) is 10.7 Å². The maximum absolute atomic E-state index is 12.5. The van der Waals surface area contributed by atoms with Crippen LogP contribution in [0.2, 0.25) is 0 Å². The van der Waals surface area contributed by atoms with Crippen LogP contribution >= 0.6 is 23.6 Å². The molecule has 1 aliphatic heterocycles. The van der Waals surface area contributed by atoms with Crippen LogP contribution in [0.15, 0.2) is 46.3 Å². The number of carbonyl (C=O) groups excluding carboxylic acids is 1. The van der Waals surface area contributed by atoms with Gasteiger partial charge in [-0.3, -0.25) is 4.79 Å². The molecule has 0 saturated carbocycles. The number of thiocarbonyl (C=S) groups is 1. The summed E-state index contributed by atoms with van der Waals surface area (Å²) < 4.78 is 5.24. The second kappa shape index (κ2) is 9.15. The number of rotatable bonds is 5. The van der Waals surface area contributed by atoms with Crippen LogP contribution in [0.4, 0.5) is 5.69 Å². The molecule has 3 heterocycles. The molecule has 29 heavy (non-hydrogen) atoms. The molecule has 7 nitrogen and oxygen atoms in total. The minimum absolute atomic E-state index is 0.0925. The maximum atomic E-state index is 12.5. The van der Waals surface area contributed by atoms with E-state index in [2.05, 4.69) is 20.8 Å². The number of hydrogen-bond acceptors (Lipinski definition) is 6. The lowest BCUT2D eigenvalue weighted by molar-refractivity contribution is 0.0724. The Hall–Kier alpha value is -2.78. The lowest BCUT2D eigenvalue weighted by Gasteiger charge is -2.26. The van der Waals surface area contributed by atoms with Gasteiger partial charge in [-0.2, -0.15) is 4.98 Å². The third-order valence-corrected chi connectivity index (χ3v) is 5.76. The van der Waals surface area contributed by atoms with Crippen molar-refractivity contribution in [2.75, 3.05) is 18.4 Å². The van der Waals surface area contributed by atoms with E-state index in [4.69, 9.17) is 16.7 Å². The summed E-state index contributed by atoms with van der Waals surface area (Å²) in [5, 5.41) is 12.5. The number of anilines is 1. The fourth-order valence-corrected chi connectivity index (χ4v) is 3.98. The number of benzene rings is 1. The summed E-state index contributed by atoms with van der Waals surface area (Å²) in [6.45, 7) is 2.02. The fraction of sp³-hybridized carbons (Fsp3) is 0.300. The predicted octanol–water partition coefficient (Wildman–Crippen LogP) is 3.91. The zero-order chi connectivity index (χ0) is 20.1. The molecule has 3 aromatic rings. The van der Waals surface area contributed by atoms with Crippen LogP contribution in [0.5, 0.6) is 0 Å². The number of piperidine rings is 1. The van der Waals surface area contributed by atoms with Crippen molar-refractivity contribution >= 4 is 40.3 Å². The van der Waals surface area contributed by atoms with E-state index in [1.54, 1.807) is 11.3 Å². The van der Waals surface area contributed by atoms with E-state index in [9.17, 15) is 4.79 Å². The molecule has 0 spiro atoms. The summed E-state index contributed by atoms with van der Waals surface area (Å²) in [5.74, 6) is 1.12. The second-order valence-corrected chi connectivity index (χ2v) is 8.08. The van der Waals surface area contributed by atoms with Crippen molar-refractivity contribution < 1.29 is 9.32 Å². The van der Waals surface area contributed by atoms with Gasteiger partial charge in [0.1, 0.15) is 0 Å². The molecule has 1 fully saturated rings. The van der Waals surface area contributed by atoms with Gasteiger partial charge < -0.3 is 20.1 Å². The molecule has 1 aliphatic rings. The van der Waals surface area contributed by atoms with Crippen molar-refractivity contribution in [1.29, 1.82) is 0 Å². The van der Waals surface area contributed by atoms with Crippen molar-refractivity contribution in [2.45, 2.75) is 25.8 Å². The first-order valence-corrected chi connectivity index (χ1v) is 10.8. The van der Waals surface area contributed by atoms with Crippen LogP contribution in [0.3, 0.4) is 0 Å². The molecule has 9 heteroatoms. The molecule has 0 radical (unpaired) electrons. The van der Waals surface area contributed by atoms with Crippen molar-refractivity contribution in [3.05, 3.63) is 53.2 Å². The lowest BCUT2D eigenvalue weighted by atomic mass is 10.1. The second-order valence-electron chi connectivity index (χ2n) is 6.73. The molecule has 1 aromatic carbocycles. The van der Waals surface area contributed by atoms with Gasteiger partial charge in [0, 0.05) is 24.3 Å². The van der Waals surface area contributed by atoms with Crippen LogP contribution in [-0.2, 0) is 6.54 Å². The molecule has 0 aliphatic carbocycles. The third kappa shape index (κ3) is 4.99. The van der Waals surface area contributed by atoms with Gasteiger partial charge in [0.2, 0.25) is 11.7 Å². The molecule has 0 bridgehead atoms. The van der Waals surface area contributed by atoms with Gasteiger partial charge in [0.15, 0.2) is 5.11 Å². The first-order chi connectivity index (χ1) is 14.2. The molecular weight excluding hydrogens is 406 g/mol. The van der Waals surface area contributed by atoms with Gasteiger partial charge in [0.25, 0.3) is 5.91 Å². The van der Waals surface area contributed by atoms with Crippen LogP contribution < -0.4 is 10.6 Å². The number of aromatic nitrogens is 2. The average molecular weight is 428 g/mol. The first kappa shape index (κ1) is 19.5. The zero-order valence-corrected chi connectivity index (χ0v) is 17.4. The smallest absolute Gasteiger partial charge is 0.253 e. The Balaban J connectivity index is 1.28. The van der Waals surface area contributed by atoms with Crippen molar-refractivity contribution in [1.82, 2.24) is 20.4 Å². The average Bonchev–Trinajstić information content (AvgIpc) is 3.45. The maximum Gasteiger partial charge on any atom is 0.253 e. The standard InChI is InChI=1S/C20H21N5O2S2/c26-19(25-10-2-1-3-11-25)14-6-8-15(9-7-14)22-20(28)21-13-17-23-18(24-27-17)16-5-4-12-29-16/h4-9,12H,1-3,10-11,13H2,(H2,21,22,28). The van der Waals surface area contributed by atoms with E-state index in [1.807, 2.05) is 46.7 Å². The van der Waals surface area contributed by atoms with Gasteiger partial charge in [-0.15, -0.1) is 11.3 Å². The minimum atomic E-state index is 0.0925. The summed E-state index contributed by atoms with van der Waals surface area (Å²) in [4.78, 5) is 19.8. The Labute approximate surface area is 178 Å². The van der Waals surface area contributed by atoms with Gasteiger partial charge in [-0.1, -0.05) is 11.2 Å². The molecule has 1 saturated heterocycles. The highest BCUT2D eigenvalue weighted by molar-refractivity contribution is 7.80. The Morgan fingerprint density at radius 1 is 1.17 bits per heavy atom. The highest BCUT2D eigenvalue weighted by Crippen LogP contribution is 2.21. The fourth-order valence-electron chi connectivity index (χ4n) is 3.14. The monoisotopic (exact) mass is 427 g/mol. The van der Waals surface area contributed by atoms with Crippen LogP contribution in [0.1, 0.15) is 35.5 Å². The van der Waals surface area contributed by atoms with Gasteiger partial charge in [-0.05, 0) is 67.2 Å². The number of carbonyl (C=O) groups is 1. The lowest BCUT2D eigenvalue weighted by Crippen LogP contribution is -2.35. The third-order valence-electron chi connectivity index (χ3n) is 4.64. The Bertz CT molecular complexity index is 963. The molecule has 150 valence electrons. The minimum Gasteiger partial charge on any atom is -0.353 e. The largest absolute Gasteiger partial charge is 0.353 e. The Morgan fingerprint density at radius 3 is 2.69 bits per heavy atom.